The normalized spacial score (nSPS) is 10.8. The summed E-state index contributed by atoms with van der Waals surface area (Å²) in [6, 6.07) is 43.0. The molecule has 0 aliphatic carbocycles. The zero-order valence-electron chi connectivity index (χ0n) is 16.6. The quantitative estimate of drug-likeness (QED) is 0.215. The van der Waals surface area contributed by atoms with Gasteiger partial charge in [0.25, 0.3) is 0 Å². The van der Waals surface area contributed by atoms with E-state index < -0.39 is 0 Å². The molecule has 0 radical (unpaired) electrons. The predicted octanol–water partition coefficient (Wildman–Crippen LogP) is 7.57. The second-order valence-electron chi connectivity index (χ2n) is 7.38. The van der Waals surface area contributed by atoms with Gasteiger partial charge in [-0.25, -0.2) is 0 Å². The van der Waals surface area contributed by atoms with E-state index in [1.165, 1.54) is 49.8 Å². The molecule has 1 heteroatoms. The molecule has 30 heavy (non-hydrogen) atoms. The van der Waals surface area contributed by atoms with Gasteiger partial charge in [0.2, 0.25) is 0 Å². The second kappa shape index (κ2) is 8.19. The fourth-order valence-corrected chi connectivity index (χ4v) is 4.86. The van der Waals surface area contributed by atoms with Crippen molar-refractivity contribution in [1.29, 1.82) is 0 Å². The summed E-state index contributed by atoms with van der Waals surface area (Å²) < 4.78 is 0. The minimum absolute atomic E-state index is 1.24. The highest BCUT2D eigenvalue weighted by molar-refractivity contribution is 7.28. The van der Waals surface area contributed by atoms with Crippen LogP contribution in [0.25, 0.3) is 44.5 Å². The molecule has 144 valence electrons. The molecule has 5 aromatic carbocycles. The molecule has 0 aliphatic heterocycles. The Bertz CT molecular complexity index is 1150. The summed E-state index contributed by atoms with van der Waals surface area (Å²) in [5, 5.41) is 1.24. The average molecular weight is 401 g/mol. The van der Waals surface area contributed by atoms with Gasteiger partial charge in [0.1, 0.15) is 0 Å². The second-order valence-corrected chi connectivity index (χ2v) is 7.96. The van der Waals surface area contributed by atoms with Crippen molar-refractivity contribution in [3.63, 3.8) is 0 Å². The third kappa shape index (κ3) is 3.30. The Morgan fingerprint density at radius 1 is 0.433 bits per heavy atom. The maximum absolute atomic E-state index is 3.05. The lowest BCUT2D eigenvalue weighted by atomic mass is 9.91. The molecule has 0 nitrogen and oxygen atoms in total. The van der Waals surface area contributed by atoms with Crippen LogP contribution in [0.1, 0.15) is 0 Å². The van der Waals surface area contributed by atoms with E-state index in [4.69, 9.17) is 0 Å². The molecule has 0 spiro atoms. The summed E-state index contributed by atoms with van der Waals surface area (Å²) in [6.45, 7) is 0. The zero-order chi connectivity index (χ0) is 20.3. The third-order valence-corrected chi connectivity index (χ3v) is 6.12. The van der Waals surface area contributed by atoms with Gasteiger partial charge in [0.05, 0.1) is 0 Å². The molecular weight excluding hydrogens is 379 g/mol. The van der Waals surface area contributed by atoms with Gasteiger partial charge >= 0.3 is 0 Å². The van der Waals surface area contributed by atoms with Gasteiger partial charge in [-0.05, 0) is 0 Å². The lowest BCUT2D eigenvalue weighted by Crippen LogP contribution is -1.96. The molecule has 0 amide bonds. The Balaban J connectivity index is 1.95. The van der Waals surface area contributed by atoms with E-state index in [1.54, 1.807) is 0 Å². The van der Waals surface area contributed by atoms with Crippen LogP contribution in [0, 0.1) is 0 Å². The average Bonchev–Trinajstić information content (AvgIpc) is 3.14. The minimum atomic E-state index is 1.24. The van der Waals surface area contributed by atoms with Gasteiger partial charge < -0.3 is 0 Å². The Labute approximate surface area is 180 Å². The van der Waals surface area contributed by atoms with E-state index in [-0.39, 0.29) is 0 Å². The van der Waals surface area contributed by atoms with Crippen LogP contribution in [0.15, 0.2) is 121 Å². The van der Waals surface area contributed by atoms with E-state index in [2.05, 4.69) is 131 Å². The lowest BCUT2D eigenvalue weighted by Gasteiger charge is -2.17. The third-order valence-electron chi connectivity index (χ3n) is 5.54. The highest BCUT2D eigenvalue weighted by Crippen LogP contribution is 2.47. The van der Waals surface area contributed by atoms with Gasteiger partial charge in [0.15, 0.2) is 0 Å². The summed E-state index contributed by atoms with van der Waals surface area (Å²) in [5.74, 6) is 0. The maximum atomic E-state index is 3.05. The van der Waals surface area contributed by atoms with E-state index in [0.29, 0.717) is 0 Å². The molecule has 0 N–H and O–H groups in total. The first-order valence-electron chi connectivity index (χ1n) is 10.2. The molecule has 0 aromatic heterocycles. The van der Waals surface area contributed by atoms with Crippen molar-refractivity contribution in [2.75, 3.05) is 0 Å². The van der Waals surface area contributed by atoms with Crippen LogP contribution < -0.4 is 5.30 Å². The molecule has 1 atom stereocenters. The number of rotatable bonds is 4. The van der Waals surface area contributed by atoms with Gasteiger partial charge in [-0.2, -0.15) is 0 Å². The smallest absolute Gasteiger partial charge is 0.0508 e. The molecule has 0 heterocycles. The Hall–Kier alpha value is -3.34. The number of hydrogen-bond donors (Lipinski definition) is 0. The Morgan fingerprint density at radius 2 is 0.833 bits per heavy atom. The highest BCUT2D eigenvalue weighted by Gasteiger charge is 2.19. The molecule has 0 aliphatic rings. The van der Waals surface area contributed by atoms with Gasteiger partial charge in [-0.1, -0.05) is 159 Å². The predicted molar refractivity (Wildman–Crippen MR) is 133 cm³/mol. The number of benzene rings is 4. The molecule has 1 unspecified atom stereocenters. The zero-order valence-corrected chi connectivity index (χ0v) is 17.8. The molecule has 0 fully saturated rings. The van der Waals surface area contributed by atoms with E-state index in [0.717, 1.165) is 0 Å². The molecule has 0 bridgehead atoms. The van der Waals surface area contributed by atoms with Crippen LogP contribution in [0.4, 0.5) is 0 Å². The Morgan fingerprint density at radius 3 is 1.33 bits per heavy atom. The first-order chi connectivity index (χ1) is 14.8. The van der Waals surface area contributed by atoms with Crippen LogP contribution in [0.3, 0.4) is 0 Å². The molecule has 0 saturated heterocycles. The molecule has 5 aromatic rings. The fourth-order valence-electron chi connectivity index (χ4n) is 4.24. The first-order valence-corrected chi connectivity index (χ1v) is 10.8. The van der Waals surface area contributed by atoms with Gasteiger partial charge in [0, 0.05) is 0 Å². The van der Waals surface area contributed by atoms with Crippen LogP contribution in [-0.4, -0.2) is 0 Å². The van der Waals surface area contributed by atoms with Gasteiger partial charge in [-0.15, -0.1) is 21.4 Å². The van der Waals surface area contributed by atoms with E-state index in [1.807, 2.05) is 0 Å². The van der Waals surface area contributed by atoms with Crippen LogP contribution >= 0.6 is 9.24 Å². The van der Waals surface area contributed by atoms with E-state index >= 15 is 0 Å². The Kier molecular flexibility index (Phi) is 5.10. The fraction of sp³-hybridized carbons (Fsp3) is 0. The van der Waals surface area contributed by atoms with Crippen molar-refractivity contribution in [1.82, 2.24) is 0 Å². The van der Waals surface area contributed by atoms with Crippen molar-refractivity contribution in [3.8, 4) is 44.5 Å². The van der Waals surface area contributed by atoms with Crippen LogP contribution in [-0.2, 0) is 0 Å². The SMILES string of the molecule is Pc1c(-c2ccccc2)c(-c2ccccc2)c(-c2ccccc2)[c-]1-c1ccccc1. The lowest BCUT2D eigenvalue weighted by molar-refractivity contribution is 1.61. The molecule has 5 rings (SSSR count). The van der Waals surface area contributed by atoms with Crippen molar-refractivity contribution in [3.05, 3.63) is 121 Å². The minimum Gasteiger partial charge on any atom is -0.119 e. The van der Waals surface area contributed by atoms with Crippen molar-refractivity contribution < 1.29 is 0 Å². The van der Waals surface area contributed by atoms with Crippen molar-refractivity contribution >= 4 is 14.5 Å². The summed E-state index contributed by atoms with van der Waals surface area (Å²) >= 11 is 0. The van der Waals surface area contributed by atoms with Crippen LogP contribution in [0.2, 0.25) is 0 Å². The topological polar surface area (TPSA) is 0 Å². The van der Waals surface area contributed by atoms with Crippen molar-refractivity contribution in [2.24, 2.45) is 0 Å². The van der Waals surface area contributed by atoms with Crippen molar-refractivity contribution in [2.45, 2.75) is 0 Å². The molecular formula is C29H22P-. The number of hydrogen-bond acceptors (Lipinski definition) is 0. The highest BCUT2D eigenvalue weighted by atomic mass is 31.0. The monoisotopic (exact) mass is 401 g/mol. The van der Waals surface area contributed by atoms with Crippen LogP contribution in [0.5, 0.6) is 0 Å². The summed E-state index contributed by atoms with van der Waals surface area (Å²) in [6.07, 6.45) is 0. The summed E-state index contributed by atoms with van der Waals surface area (Å²) in [4.78, 5) is 0. The largest absolute Gasteiger partial charge is 0.119 e. The summed E-state index contributed by atoms with van der Waals surface area (Å²) in [7, 11) is 3.05. The standard InChI is InChI=1S/C29H22P/c30-29-27(23-17-9-3-10-18-23)25(21-13-5-1-6-14-21)26(22-15-7-2-8-16-22)28(29)24-19-11-4-12-20-24/h1-20H,30H2/q-1. The van der Waals surface area contributed by atoms with Gasteiger partial charge in [-0.3, -0.25) is 0 Å². The first kappa shape index (κ1) is 18.7. The van der Waals surface area contributed by atoms with E-state index in [9.17, 15) is 0 Å². The maximum Gasteiger partial charge on any atom is -0.0508 e. The molecule has 0 saturated carbocycles. The summed E-state index contributed by atoms with van der Waals surface area (Å²) in [5.41, 5.74) is 10.1.